The maximum atomic E-state index is 11.1. The second-order valence-electron chi connectivity index (χ2n) is 7.96. The Kier molecular flexibility index (Phi) is 6.72. The van der Waals surface area contributed by atoms with Crippen LogP contribution in [0.25, 0.3) is 11.3 Å². The van der Waals surface area contributed by atoms with Crippen molar-refractivity contribution in [2.75, 3.05) is 28.7 Å². The van der Waals surface area contributed by atoms with Gasteiger partial charge in [-0.3, -0.25) is 10.1 Å². The number of anilines is 4. The van der Waals surface area contributed by atoms with Crippen LogP contribution in [0.4, 0.5) is 29.2 Å². The van der Waals surface area contributed by atoms with Gasteiger partial charge >= 0.3 is 0 Å². The predicted molar refractivity (Wildman–Crippen MR) is 138 cm³/mol. The van der Waals surface area contributed by atoms with Gasteiger partial charge in [-0.25, -0.2) is 5.43 Å². The van der Waals surface area contributed by atoms with Crippen molar-refractivity contribution in [2.24, 2.45) is 5.10 Å². The number of aromatic nitrogens is 3. The summed E-state index contributed by atoms with van der Waals surface area (Å²) >= 11 is 6.21. The molecule has 0 bridgehead atoms. The van der Waals surface area contributed by atoms with Gasteiger partial charge in [0, 0.05) is 36.5 Å². The van der Waals surface area contributed by atoms with Gasteiger partial charge in [0.05, 0.1) is 16.2 Å². The second kappa shape index (κ2) is 10.4. The number of nitro benzene ring substituents is 1. The molecule has 1 aliphatic rings. The number of nitro groups is 1. The number of halogens is 1. The maximum absolute atomic E-state index is 11.1. The standard InChI is InChI=1S/C24H21ClN8O3/c25-20-10-8-17(33(34)35)14-19(20)21-11-9-18(36-21)15-26-31-23-28-22(27-16-6-2-1-3-7-16)29-24(30-23)32-12-4-5-13-32/h1-3,6-11,14-15H,4-5,12-13H2,(H2,27,28,29,30,31)/b26-15+. The Balaban J connectivity index is 1.34. The monoisotopic (exact) mass is 504 g/mol. The molecule has 0 radical (unpaired) electrons. The van der Waals surface area contributed by atoms with Crippen molar-refractivity contribution in [3.8, 4) is 11.3 Å². The van der Waals surface area contributed by atoms with Crippen LogP contribution in [0.5, 0.6) is 0 Å². The third-order valence-electron chi connectivity index (χ3n) is 5.45. The zero-order chi connectivity index (χ0) is 24.9. The van der Waals surface area contributed by atoms with Crippen molar-refractivity contribution in [1.82, 2.24) is 15.0 Å². The molecular formula is C24H21ClN8O3. The number of hydrogen-bond acceptors (Lipinski definition) is 10. The van der Waals surface area contributed by atoms with Crippen molar-refractivity contribution in [1.29, 1.82) is 0 Å². The van der Waals surface area contributed by atoms with Crippen LogP contribution in [-0.4, -0.2) is 39.2 Å². The first-order chi connectivity index (χ1) is 17.5. The maximum Gasteiger partial charge on any atom is 0.270 e. The fourth-order valence-electron chi connectivity index (χ4n) is 3.72. The Morgan fingerprint density at radius 3 is 2.58 bits per heavy atom. The number of rotatable bonds is 8. The molecule has 4 aromatic rings. The second-order valence-corrected chi connectivity index (χ2v) is 8.37. The highest BCUT2D eigenvalue weighted by atomic mass is 35.5. The minimum Gasteiger partial charge on any atom is -0.455 e. The first-order valence-electron chi connectivity index (χ1n) is 11.2. The first-order valence-corrected chi connectivity index (χ1v) is 11.6. The van der Waals surface area contributed by atoms with E-state index in [-0.39, 0.29) is 11.6 Å². The third kappa shape index (κ3) is 5.41. The minimum atomic E-state index is -0.485. The molecule has 182 valence electrons. The Bertz CT molecular complexity index is 1400. The van der Waals surface area contributed by atoms with Crippen LogP contribution in [0.3, 0.4) is 0 Å². The normalized spacial score (nSPS) is 13.3. The Labute approximate surface area is 211 Å². The summed E-state index contributed by atoms with van der Waals surface area (Å²) in [5.74, 6) is 2.04. The minimum absolute atomic E-state index is 0.0776. The molecule has 3 heterocycles. The fourth-order valence-corrected chi connectivity index (χ4v) is 3.93. The molecular weight excluding hydrogens is 484 g/mol. The topological polar surface area (TPSA) is 135 Å². The average Bonchev–Trinajstić information content (AvgIpc) is 3.58. The van der Waals surface area contributed by atoms with E-state index in [9.17, 15) is 10.1 Å². The number of nitrogens with zero attached hydrogens (tertiary/aromatic N) is 6. The van der Waals surface area contributed by atoms with Gasteiger partial charge in [-0.15, -0.1) is 0 Å². The van der Waals surface area contributed by atoms with E-state index < -0.39 is 4.92 Å². The predicted octanol–water partition coefficient (Wildman–Crippen LogP) is 5.48. The van der Waals surface area contributed by atoms with Crippen LogP contribution in [-0.2, 0) is 0 Å². The molecule has 2 N–H and O–H groups in total. The average molecular weight is 505 g/mol. The van der Waals surface area contributed by atoms with Gasteiger partial charge in [0.15, 0.2) is 0 Å². The highest BCUT2D eigenvalue weighted by Gasteiger charge is 2.18. The summed E-state index contributed by atoms with van der Waals surface area (Å²) in [6.07, 6.45) is 3.63. The van der Waals surface area contributed by atoms with Crippen molar-refractivity contribution in [3.63, 3.8) is 0 Å². The van der Waals surface area contributed by atoms with Crippen LogP contribution < -0.4 is 15.6 Å². The Hall–Kier alpha value is -4.51. The largest absolute Gasteiger partial charge is 0.455 e. The van der Waals surface area contributed by atoms with Crippen molar-refractivity contribution < 1.29 is 9.34 Å². The van der Waals surface area contributed by atoms with Crippen LogP contribution in [0.2, 0.25) is 5.02 Å². The van der Waals surface area contributed by atoms with Gasteiger partial charge in [0.1, 0.15) is 11.5 Å². The summed E-state index contributed by atoms with van der Waals surface area (Å²) < 4.78 is 5.76. The zero-order valence-corrected chi connectivity index (χ0v) is 19.7. The van der Waals surface area contributed by atoms with Crippen LogP contribution >= 0.6 is 11.6 Å². The van der Waals surface area contributed by atoms with E-state index in [2.05, 4.69) is 35.7 Å². The van der Waals surface area contributed by atoms with E-state index in [4.69, 9.17) is 16.0 Å². The summed E-state index contributed by atoms with van der Waals surface area (Å²) in [6.45, 7) is 1.76. The molecule has 2 aromatic carbocycles. The molecule has 36 heavy (non-hydrogen) atoms. The Morgan fingerprint density at radius 2 is 1.81 bits per heavy atom. The first kappa shape index (κ1) is 23.2. The van der Waals surface area contributed by atoms with Crippen LogP contribution in [0.15, 0.2) is 70.2 Å². The van der Waals surface area contributed by atoms with Gasteiger partial charge in [-0.05, 0) is 43.2 Å². The summed E-state index contributed by atoms with van der Waals surface area (Å²) in [5, 5.41) is 18.8. The molecule has 2 aromatic heterocycles. The summed E-state index contributed by atoms with van der Waals surface area (Å²) in [6, 6.07) is 17.2. The smallest absolute Gasteiger partial charge is 0.270 e. The molecule has 0 spiro atoms. The van der Waals surface area contributed by atoms with E-state index in [1.54, 1.807) is 12.1 Å². The highest BCUT2D eigenvalue weighted by molar-refractivity contribution is 6.33. The molecule has 1 fully saturated rings. The van der Waals surface area contributed by atoms with Crippen molar-refractivity contribution in [2.45, 2.75) is 12.8 Å². The lowest BCUT2D eigenvalue weighted by atomic mass is 10.1. The van der Waals surface area contributed by atoms with Gasteiger partial charge < -0.3 is 14.6 Å². The van der Waals surface area contributed by atoms with E-state index in [1.807, 2.05) is 30.3 Å². The molecule has 0 amide bonds. The number of hydrazone groups is 1. The van der Waals surface area contributed by atoms with Gasteiger partial charge in [-0.1, -0.05) is 29.8 Å². The lowest BCUT2D eigenvalue weighted by Crippen LogP contribution is -2.21. The molecule has 11 nitrogen and oxygen atoms in total. The molecule has 12 heteroatoms. The fraction of sp³-hybridized carbons (Fsp3) is 0.167. The number of nitrogens with one attached hydrogen (secondary N) is 2. The number of benzene rings is 2. The van der Waals surface area contributed by atoms with Gasteiger partial charge in [0.2, 0.25) is 17.8 Å². The zero-order valence-electron chi connectivity index (χ0n) is 19.0. The Morgan fingerprint density at radius 1 is 1.03 bits per heavy atom. The highest BCUT2D eigenvalue weighted by Crippen LogP contribution is 2.32. The SMILES string of the molecule is O=[N+]([O-])c1ccc(Cl)c(-c2ccc(/C=N/Nc3nc(Nc4ccccc4)nc(N4CCCC4)n3)o2)c1. The molecule has 1 saturated heterocycles. The number of non-ortho nitro benzene ring substituents is 1. The van der Waals surface area contributed by atoms with Gasteiger partial charge in [-0.2, -0.15) is 20.1 Å². The van der Waals surface area contributed by atoms with E-state index in [1.165, 1.54) is 24.4 Å². The summed E-state index contributed by atoms with van der Waals surface area (Å²) in [7, 11) is 0. The quantitative estimate of drug-likeness (QED) is 0.181. The lowest BCUT2D eigenvalue weighted by Gasteiger charge is -2.16. The van der Waals surface area contributed by atoms with Crippen LogP contribution in [0, 0.1) is 10.1 Å². The molecule has 0 saturated carbocycles. The van der Waals surface area contributed by atoms with Gasteiger partial charge in [0.25, 0.3) is 5.69 Å². The molecule has 0 atom stereocenters. The molecule has 1 aliphatic heterocycles. The molecule has 0 aliphatic carbocycles. The van der Waals surface area contributed by atoms with E-state index >= 15 is 0 Å². The third-order valence-corrected chi connectivity index (χ3v) is 5.78. The van der Waals surface area contributed by atoms with Crippen molar-refractivity contribution in [3.05, 3.63) is 81.6 Å². The van der Waals surface area contributed by atoms with E-state index in [0.717, 1.165) is 31.6 Å². The molecule has 0 unspecified atom stereocenters. The number of hydrogen-bond donors (Lipinski definition) is 2. The number of para-hydroxylation sites is 1. The van der Waals surface area contributed by atoms with Crippen LogP contribution in [0.1, 0.15) is 18.6 Å². The van der Waals surface area contributed by atoms with E-state index in [0.29, 0.717) is 34.0 Å². The van der Waals surface area contributed by atoms with Crippen molar-refractivity contribution >= 4 is 47.0 Å². The lowest BCUT2D eigenvalue weighted by molar-refractivity contribution is -0.384. The summed E-state index contributed by atoms with van der Waals surface area (Å²) in [4.78, 5) is 26.2. The summed E-state index contributed by atoms with van der Waals surface area (Å²) in [5.41, 5.74) is 4.03. The number of furan rings is 1. The molecule has 5 rings (SSSR count).